The summed E-state index contributed by atoms with van der Waals surface area (Å²) in [6.07, 6.45) is 0. The number of benzene rings is 1. The molecule has 3 nitrogen and oxygen atoms in total. The van der Waals surface area contributed by atoms with Gasteiger partial charge in [0.1, 0.15) is 5.01 Å². The zero-order valence-electron chi connectivity index (χ0n) is 13.9. The highest BCUT2D eigenvalue weighted by Crippen LogP contribution is 2.32. The van der Waals surface area contributed by atoms with Gasteiger partial charge in [-0.3, -0.25) is 0 Å². The van der Waals surface area contributed by atoms with E-state index in [0.29, 0.717) is 5.92 Å². The molecule has 0 spiro atoms. The van der Waals surface area contributed by atoms with E-state index in [-0.39, 0.29) is 0 Å². The van der Waals surface area contributed by atoms with Crippen LogP contribution in [0.15, 0.2) is 38.3 Å². The molecule has 2 heterocycles. The molecular formula is C17H19N3S4. The van der Waals surface area contributed by atoms with Crippen molar-refractivity contribution in [3.05, 3.63) is 40.9 Å². The first-order valence-corrected chi connectivity index (χ1v) is 11.5. The molecule has 0 aliphatic heterocycles. The molecule has 7 heteroatoms. The van der Waals surface area contributed by atoms with Crippen molar-refractivity contribution < 1.29 is 0 Å². The molecule has 0 amide bonds. The lowest BCUT2D eigenvalue weighted by Gasteiger charge is -2.05. The monoisotopic (exact) mass is 393 g/mol. The lowest BCUT2D eigenvalue weighted by atomic mass is 10.0. The number of hydrogen-bond acceptors (Lipinski definition) is 7. The predicted molar refractivity (Wildman–Crippen MR) is 108 cm³/mol. The maximum absolute atomic E-state index is 4.76. The Morgan fingerprint density at radius 2 is 1.75 bits per heavy atom. The van der Waals surface area contributed by atoms with Crippen LogP contribution in [0.25, 0.3) is 10.6 Å². The quantitative estimate of drug-likeness (QED) is 0.448. The minimum absolute atomic E-state index is 0.560. The fourth-order valence-electron chi connectivity index (χ4n) is 2.09. The largest absolute Gasteiger partial charge is 0.240 e. The highest BCUT2D eigenvalue weighted by Gasteiger charge is 2.09. The van der Waals surface area contributed by atoms with Crippen LogP contribution in [0, 0.1) is 0 Å². The van der Waals surface area contributed by atoms with Crippen molar-refractivity contribution in [3.63, 3.8) is 0 Å². The van der Waals surface area contributed by atoms with Crippen molar-refractivity contribution >= 4 is 46.2 Å². The van der Waals surface area contributed by atoms with Gasteiger partial charge in [-0.2, -0.15) is 0 Å². The average Bonchev–Trinajstić information content (AvgIpc) is 3.23. The van der Waals surface area contributed by atoms with Gasteiger partial charge in [-0.1, -0.05) is 79.9 Å². The SMILES string of the molecule is CCSc1nnc(SCc2csc(-c3ccc(C(C)C)cc3)n2)s1. The molecule has 0 bridgehead atoms. The molecule has 0 saturated carbocycles. The van der Waals surface area contributed by atoms with Gasteiger partial charge in [0.2, 0.25) is 0 Å². The summed E-state index contributed by atoms with van der Waals surface area (Å²) >= 11 is 6.82. The van der Waals surface area contributed by atoms with Gasteiger partial charge >= 0.3 is 0 Å². The minimum atomic E-state index is 0.560. The molecule has 0 saturated heterocycles. The van der Waals surface area contributed by atoms with Crippen LogP contribution < -0.4 is 0 Å². The maximum Gasteiger partial charge on any atom is 0.175 e. The van der Waals surface area contributed by atoms with Crippen LogP contribution in [-0.2, 0) is 5.75 Å². The van der Waals surface area contributed by atoms with Crippen LogP contribution in [-0.4, -0.2) is 20.9 Å². The molecule has 0 fully saturated rings. The summed E-state index contributed by atoms with van der Waals surface area (Å²) in [5.41, 5.74) is 3.66. The van der Waals surface area contributed by atoms with E-state index in [1.54, 1.807) is 46.2 Å². The Morgan fingerprint density at radius 3 is 2.42 bits per heavy atom. The third kappa shape index (κ3) is 4.59. The molecule has 126 valence electrons. The molecule has 0 aliphatic carbocycles. The average molecular weight is 394 g/mol. The molecule has 0 unspecified atom stereocenters. The predicted octanol–water partition coefficient (Wildman–Crippen LogP) is 6.19. The minimum Gasteiger partial charge on any atom is -0.240 e. The van der Waals surface area contributed by atoms with Crippen molar-refractivity contribution in [2.75, 3.05) is 5.75 Å². The number of aromatic nitrogens is 3. The second kappa shape index (κ2) is 8.47. The Kier molecular flexibility index (Phi) is 6.32. The first kappa shape index (κ1) is 17.9. The Hall–Kier alpha value is -0.890. The van der Waals surface area contributed by atoms with Crippen LogP contribution >= 0.6 is 46.2 Å². The van der Waals surface area contributed by atoms with Crippen LogP contribution in [0.1, 0.15) is 37.9 Å². The van der Waals surface area contributed by atoms with Crippen molar-refractivity contribution in [2.45, 2.75) is 41.1 Å². The van der Waals surface area contributed by atoms with Crippen LogP contribution in [0.4, 0.5) is 0 Å². The second-order valence-corrected chi connectivity index (χ2v) is 10.0. The summed E-state index contributed by atoms with van der Waals surface area (Å²) in [7, 11) is 0. The molecule has 1 aromatic carbocycles. The van der Waals surface area contributed by atoms with Gasteiger partial charge in [0, 0.05) is 16.7 Å². The lowest BCUT2D eigenvalue weighted by Crippen LogP contribution is -1.87. The molecular weight excluding hydrogens is 374 g/mol. The molecule has 2 aromatic heterocycles. The normalized spacial score (nSPS) is 11.3. The van der Waals surface area contributed by atoms with Crippen LogP contribution in [0.5, 0.6) is 0 Å². The van der Waals surface area contributed by atoms with Crippen molar-refractivity contribution in [2.24, 2.45) is 0 Å². The summed E-state index contributed by atoms with van der Waals surface area (Å²) in [6.45, 7) is 6.56. The van der Waals surface area contributed by atoms with E-state index in [4.69, 9.17) is 4.98 Å². The third-order valence-corrected chi connectivity index (χ3v) is 7.42. The van der Waals surface area contributed by atoms with Gasteiger partial charge in [-0.25, -0.2) is 4.98 Å². The van der Waals surface area contributed by atoms with Gasteiger partial charge in [0.15, 0.2) is 8.68 Å². The third-order valence-electron chi connectivity index (χ3n) is 3.38. The van der Waals surface area contributed by atoms with Gasteiger partial charge < -0.3 is 0 Å². The van der Waals surface area contributed by atoms with Crippen molar-refractivity contribution in [1.29, 1.82) is 0 Å². The Labute approximate surface area is 159 Å². The van der Waals surface area contributed by atoms with Gasteiger partial charge in [-0.05, 0) is 17.2 Å². The second-order valence-electron chi connectivity index (χ2n) is 5.48. The number of thiazole rings is 1. The number of nitrogens with zero attached hydrogens (tertiary/aromatic N) is 3. The number of thioether (sulfide) groups is 2. The molecule has 3 rings (SSSR count). The summed E-state index contributed by atoms with van der Waals surface area (Å²) in [6, 6.07) is 8.74. The van der Waals surface area contributed by atoms with Crippen LogP contribution in [0.3, 0.4) is 0 Å². The molecule has 0 atom stereocenters. The van der Waals surface area contributed by atoms with Gasteiger partial charge in [0.25, 0.3) is 0 Å². The fraction of sp³-hybridized carbons (Fsp3) is 0.353. The van der Waals surface area contributed by atoms with E-state index >= 15 is 0 Å². The van der Waals surface area contributed by atoms with E-state index in [1.807, 2.05) is 0 Å². The summed E-state index contributed by atoms with van der Waals surface area (Å²) in [5.74, 6) is 2.43. The van der Waals surface area contributed by atoms with Crippen LogP contribution in [0.2, 0.25) is 0 Å². The van der Waals surface area contributed by atoms with E-state index in [9.17, 15) is 0 Å². The van der Waals surface area contributed by atoms with E-state index in [2.05, 4.69) is 60.6 Å². The molecule has 0 radical (unpaired) electrons. The van der Waals surface area contributed by atoms with Gasteiger partial charge in [0.05, 0.1) is 5.69 Å². The molecule has 24 heavy (non-hydrogen) atoms. The van der Waals surface area contributed by atoms with Crippen molar-refractivity contribution in [3.8, 4) is 10.6 Å². The smallest absolute Gasteiger partial charge is 0.175 e. The zero-order chi connectivity index (χ0) is 16.9. The lowest BCUT2D eigenvalue weighted by molar-refractivity contribution is 0.867. The summed E-state index contributed by atoms with van der Waals surface area (Å²) in [4.78, 5) is 4.76. The summed E-state index contributed by atoms with van der Waals surface area (Å²) < 4.78 is 2.06. The zero-order valence-corrected chi connectivity index (χ0v) is 17.1. The molecule has 3 aromatic rings. The van der Waals surface area contributed by atoms with E-state index in [0.717, 1.165) is 30.9 Å². The maximum atomic E-state index is 4.76. The number of hydrogen-bond donors (Lipinski definition) is 0. The van der Waals surface area contributed by atoms with E-state index < -0.39 is 0 Å². The standard InChI is InChI=1S/C17H19N3S4/c1-4-21-16-19-20-17(24-16)23-10-14-9-22-15(18-14)13-7-5-12(6-8-13)11(2)3/h5-9,11H,4,10H2,1-3H3. The highest BCUT2D eigenvalue weighted by molar-refractivity contribution is 8.02. The molecule has 0 aliphatic rings. The molecule has 0 N–H and O–H groups in total. The Bertz CT molecular complexity index is 777. The van der Waals surface area contributed by atoms with E-state index in [1.165, 1.54) is 11.1 Å². The fourth-order valence-corrected chi connectivity index (χ4v) is 5.83. The first-order chi connectivity index (χ1) is 11.7. The van der Waals surface area contributed by atoms with Gasteiger partial charge in [-0.15, -0.1) is 21.5 Å². The van der Waals surface area contributed by atoms with Crippen molar-refractivity contribution in [1.82, 2.24) is 15.2 Å². The Morgan fingerprint density at radius 1 is 1.04 bits per heavy atom. The highest BCUT2D eigenvalue weighted by atomic mass is 32.2. The Balaban J connectivity index is 1.62. The first-order valence-electron chi connectivity index (χ1n) is 7.79. The summed E-state index contributed by atoms with van der Waals surface area (Å²) in [5, 5.41) is 11.6. The topological polar surface area (TPSA) is 38.7 Å². The number of rotatable bonds is 7.